The van der Waals surface area contributed by atoms with Crippen molar-refractivity contribution in [2.75, 3.05) is 72.2 Å². The predicted octanol–water partition coefficient (Wildman–Crippen LogP) is -4.73. The summed E-state index contributed by atoms with van der Waals surface area (Å²) in [5.41, 5.74) is 5.36. The molecule has 3 N–H and O–H groups in total. The Balaban J connectivity index is 0.00000420. The van der Waals surface area contributed by atoms with Crippen molar-refractivity contribution in [1.29, 1.82) is 0 Å². The second-order valence-corrected chi connectivity index (χ2v) is 12.1. The Bertz CT molecular complexity index is 1210. The average Bonchev–Trinajstić information content (AvgIpc) is 3.30. The Morgan fingerprint density at radius 2 is 2.00 bits per heavy atom. The van der Waals surface area contributed by atoms with E-state index in [2.05, 4.69) is 45.8 Å². The van der Waals surface area contributed by atoms with E-state index < -0.39 is 41.8 Å². The van der Waals surface area contributed by atoms with Crippen LogP contribution in [0.2, 0.25) is 0 Å². The predicted molar refractivity (Wildman–Crippen MR) is 137 cm³/mol. The maximum Gasteiger partial charge on any atom is 0.278 e. The molecule has 0 aromatic carbocycles. The molecule has 1 aromatic heterocycles. The number of piperazine rings is 1. The van der Waals surface area contributed by atoms with Crippen molar-refractivity contribution in [1.82, 2.24) is 19.6 Å². The fourth-order valence-electron chi connectivity index (χ4n) is 4.45. The molecule has 39 heavy (non-hydrogen) atoms. The van der Waals surface area contributed by atoms with Crippen LogP contribution in [0.3, 0.4) is 0 Å². The van der Waals surface area contributed by atoms with Gasteiger partial charge in [-0.1, -0.05) is 11.2 Å². The number of amides is 2. The van der Waals surface area contributed by atoms with Crippen LogP contribution < -0.4 is 40.1 Å². The number of allylic oxidation sites excluding steroid dienone is 1. The van der Waals surface area contributed by atoms with Crippen molar-refractivity contribution in [2.24, 2.45) is 5.16 Å². The Labute approximate surface area is 250 Å². The number of nitrogens with zero attached hydrogens (tertiary/aromatic N) is 6. The first-order chi connectivity index (χ1) is 17.9. The molecule has 1 aromatic rings. The number of hydrogen-bond donors (Lipinski definition) is 2. The van der Waals surface area contributed by atoms with Crippen LogP contribution >= 0.6 is 23.3 Å². The average molecular weight is 697 g/mol. The lowest BCUT2D eigenvalue weighted by molar-refractivity contribution is -1.00. The molecule has 2 amide bonds. The van der Waals surface area contributed by atoms with Gasteiger partial charge in [-0.15, -0.1) is 11.8 Å². The number of thioether (sulfide) groups is 1. The number of carboxylic acids is 1. The lowest BCUT2D eigenvalue weighted by Crippen LogP contribution is -3.00. The SMILES string of the molecule is C[N+]1(C)CC[N+](C)(C/C=C/C2=C(C(=O)[O-])N3C(=O)[C@@H](NC(=O)/C(=N\OCF)c4nsc(N)n4)[C@@H]3SC2)CC1.[I-]. The first kappa shape index (κ1) is 31.2. The summed E-state index contributed by atoms with van der Waals surface area (Å²) >= 11 is 2.11. The quantitative estimate of drug-likeness (QED) is 0.0850. The molecule has 0 spiro atoms. The van der Waals surface area contributed by atoms with Crippen molar-refractivity contribution >= 4 is 51.9 Å². The van der Waals surface area contributed by atoms with Gasteiger partial charge in [-0.05, 0) is 11.6 Å². The molecule has 4 heterocycles. The van der Waals surface area contributed by atoms with Crippen molar-refractivity contribution < 1.29 is 61.7 Å². The van der Waals surface area contributed by atoms with Gasteiger partial charge in [0.25, 0.3) is 18.7 Å². The van der Waals surface area contributed by atoms with E-state index in [0.717, 1.165) is 58.1 Å². The van der Waals surface area contributed by atoms with E-state index in [1.54, 1.807) is 6.08 Å². The number of fused-ring (bicyclic) bond motifs is 1. The number of likely N-dealkylation sites (N-methyl/N-ethyl adjacent to an activating group) is 2. The number of halogens is 2. The highest BCUT2D eigenvalue weighted by Crippen LogP contribution is 2.40. The molecule has 2 saturated heterocycles. The fourth-order valence-corrected chi connectivity index (χ4v) is 6.21. The third-order valence-electron chi connectivity index (χ3n) is 6.91. The van der Waals surface area contributed by atoms with Gasteiger partial charge >= 0.3 is 0 Å². The summed E-state index contributed by atoms with van der Waals surface area (Å²) in [7, 11) is 6.60. The molecule has 0 aliphatic carbocycles. The summed E-state index contributed by atoms with van der Waals surface area (Å²) in [5.74, 6) is -2.85. The molecule has 3 aliphatic heterocycles. The van der Waals surface area contributed by atoms with Gasteiger partial charge in [0.05, 0.1) is 39.4 Å². The number of carbonyl (C=O) groups excluding carboxylic acids is 3. The molecule has 2 atom stereocenters. The van der Waals surface area contributed by atoms with Gasteiger partial charge < -0.3 is 58.7 Å². The van der Waals surface area contributed by atoms with E-state index in [-0.39, 0.29) is 40.6 Å². The van der Waals surface area contributed by atoms with Gasteiger partial charge in [-0.3, -0.25) is 14.5 Å². The lowest BCUT2D eigenvalue weighted by Gasteiger charge is -2.50. The second kappa shape index (κ2) is 12.4. The first-order valence-electron chi connectivity index (χ1n) is 11.8. The van der Waals surface area contributed by atoms with Crippen LogP contribution in [0.1, 0.15) is 5.82 Å². The minimum absolute atomic E-state index is 0. The zero-order valence-electron chi connectivity index (χ0n) is 21.6. The molecule has 0 saturated carbocycles. The smallest absolute Gasteiger partial charge is 0.278 e. The molecule has 17 heteroatoms. The lowest BCUT2D eigenvalue weighted by atomic mass is 10.0. The molecule has 3 aliphatic rings. The summed E-state index contributed by atoms with van der Waals surface area (Å²) in [6.07, 6.45) is 3.71. The van der Waals surface area contributed by atoms with Gasteiger partial charge in [-0.2, -0.15) is 9.36 Å². The van der Waals surface area contributed by atoms with Crippen molar-refractivity contribution in [2.45, 2.75) is 11.4 Å². The third kappa shape index (κ3) is 6.87. The number of hydrogen-bond acceptors (Lipinski definition) is 11. The number of carbonyl (C=O) groups is 3. The van der Waals surface area contributed by atoms with E-state index in [9.17, 15) is 23.9 Å². The van der Waals surface area contributed by atoms with E-state index in [4.69, 9.17) is 5.73 Å². The van der Waals surface area contributed by atoms with Crippen molar-refractivity contribution in [3.63, 3.8) is 0 Å². The zero-order chi connectivity index (χ0) is 27.7. The minimum Gasteiger partial charge on any atom is -1.00 e. The molecule has 0 bridgehead atoms. The number of alkyl halides is 1. The van der Waals surface area contributed by atoms with E-state index in [1.807, 2.05) is 6.08 Å². The highest BCUT2D eigenvalue weighted by molar-refractivity contribution is 8.00. The van der Waals surface area contributed by atoms with Crippen molar-refractivity contribution in [3.8, 4) is 0 Å². The summed E-state index contributed by atoms with van der Waals surface area (Å²) in [6.45, 7) is 3.58. The van der Waals surface area contributed by atoms with Gasteiger partial charge in [0.2, 0.25) is 11.5 Å². The maximum absolute atomic E-state index is 13.0. The highest BCUT2D eigenvalue weighted by atomic mass is 127. The summed E-state index contributed by atoms with van der Waals surface area (Å²) in [4.78, 5) is 47.2. The normalized spacial score (nSPS) is 24.1. The Morgan fingerprint density at radius 3 is 2.59 bits per heavy atom. The van der Waals surface area contributed by atoms with E-state index in [0.29, 0.717) is 11.3 Å². The number of nitrogens with two attached hydrogens (primary N) is 1. The van der Waals surface area contributed by atoms with Gasteiger partial charge in [0, 0.05) is 17.3 Å². The van der Waals surface area contributed by atoms with E-state index >= 15 is 0 Å². The molecular formula is C22H30FIN8O5S2. The van der Waals surface area contributed by atoms with Crippen LogP contribution in [-0.4, -0.2) is 125 Å². The van der Waals surface area contributed by atoms with E-state index in [1.165, 1.54) is 11.8 Å². The van der Waals surface area contributed by atoms with Crippen LogP contribution in [0, 0.1) is 0 Å². The number of oxime groups is 1. The van der Waals surface area contributed by atoms with Gasteiger partial charge in [-0.25, -0.2) is 4.39 Å². The third-order valence-corrected chi connectivity index (χ3v) is 8.75. The van der Waals surface area contributed by atoms with Crippen LogP contribution in [-0.2, 0) is 19.2 Å². The molecule has 0 radical (unpaired) electrons. The minimum atomic E-state index is -1.47. The number of nitrogen functional groups attached to an aromatic ring is 1. The highest BCUT2D eigenvalue weighted by Gasteiger charge is 2.53. The number of β-lactam (4-membered cyclic amide) rings is 1. The standard InChI is InChI=1S/C22H29FN8O5S2.HI/c1-30(2)7-9-31(3,10-8-30)6-4-5-13-11-37-20-15(19(33)29(20)16(13)21(34)35)25-18(32)14(27-36-12-23)17-26-22(24)38-28-17;/h4-5,15,20H,6-12H2,1-3H3,(H2-2,24,25,26,28,32,34,35);1H/b5-4+,27-14-;/t15-,20+;/m1./s1. The van der Waals surface area contributed by atoms with Crippen LogP contribution in [0.5, 0.6) is 0 Å². The molecule has 2 fully saturated rings. The fraction of sp³-hybridized carbons (Fsp3) is 0.545. The largest absolute Gasteiger partial charge is 1.00 e. The number of aliphatic carboxylic acids is 1. The van der Waals surface area contributed by atoms with Gasteiger partial charge in [0.1, 0.15) is 37.6 Å². The van der Waals surface area contributed by atoms with Crippen LogP contribution in [0.15, 0.2) is 28.6 Å². The summed E-state index contributed by atoms with van der Waals surface area (Å²) in [6, 6.07) is -1.04. The number of aromatic nitrogens is 2. The molecular weight excluding hydrogens is 666 g/mol. The maximum atomic E-state index is 13.0. The Hall–Kier alpha value is -2.35. The first-order valence-corrected chi connectivity index (χ1v) is 13.6. The number of carboxylic acid groups (broad SMARTS) is 1. The number of nitrogens with one attached hydrogen (secondary N) is 1. The van der Waals surface area contributed by atoms with Gasteiger partial charge in [0.15, 0.2) is 5.13 Å². The number of rotatable bonds is 9. The van der Waals surface area contributed by atoms with Crippen LogP contribution in [0.25, 0.3) is 0 Å². The number of quaternary nitrogens is 2. The molecule has 4 rings (SSSR count). The summed E-state index contributed by atoms with van der Waals surface area (Å²) in [5, 5.41) is 17.3. The Kier molecular flexibility index (Phi) is 9.95. The summed E-state index contributed by atoms with van der Waals surface area (Å²) < 4.78 is 18.2. The topological polar surface area (TPSA) is 163 Å². The second-order valence-electron chi connectivity index (χ2n) is 10.2. The monoisotopic (exact) mass is 696 g/mol. The molecule has 13 nitrogen and oxygen atoms in total. The molecule has 214 valence electrons. The van der Waals surface area contributed by atoms with Crippen LogP contribution in [0.4, 0.5) is 9.52 Å². The Morgan fingerprint density at radius 1 is 1.31 bits per heavy atom. The van der Waals surface area contributed by atoms with Crippen molar-refractivity contribution in [3.05, 3.63) is 29.2 Å². The molecule has 0 unspecified atom stereocenters. The zero-order valence-corrected chi connectivity index (χ0v) is 25.4. The number of anilines is 1.